The third kappa shape index (κ3) is 3.34. The van der Waals surface area contributed by atoms with Crippen molar-refractivity contribution in [3.63, 3.8) is 0 Å². The van der Waals surface area contributed by atoms with Crippen LogP contribution in [0.15, 0.2) is 5.16 Å². The number of thioether (sulfide) groups is 1. The zero-order valence-electron chi connectivity index (χ0n) is 12.5. The van der Waals surface area contributed by atoms with Gasteiger partial charge in [0, 0.05) is 18.3 Å². The Bertz CT molecular complexity index is 433. The lowest BCUT2D eigenvalue weighted by molar-refractivity contribution is 0.365. The highest BCUT2D eigenvalue weighted by Crippen LogP contribution is 2.49. The summed E-state index contributed by atoms with van der Waals surface area (Å²) in [7, 11) is 0. The molecule has 1 heterocycles. The van der Waals surface area contributed by atoms with Crippen molar-refractivity contribution in [3.05, 3.63) is 0 Å². The largest absolute Gasteiger partial charge is 0.313 e. The Morgan fingerprint density at radius 1 is 1.35 bits per heavy atom. The summed E-state index contributed by atoms with van der Waals surface area (Å²) in [6.07, 6.45) is 5.85. The highest BCUT2D eigenvalue weighted by Gasteiger charge is 2.39. The van der Waals surface area contributed by atoms with Crippen molar-refractivity contribution >= 4 is 11.8 Å². The predicted molar refractivity (Wildman–Crippen MR) is 80.6 cm³/mol. The number of hydrogen-bond donors (Lipinski definition) is 1. The van der Waals surface area contributed by atoms with E-state index >= 15 is 0 Å². The molecule has 2 aliphatic carbocycles. The molecule has 3 unspecified atom stereocenters. The molecule has 3 rings (SSSR count). The van der Waals surface area contributed by atoms with Gasteiger partial charge in [0.2, 0.25) is 5.16 Å². The minimum Gasteiger partial charge on any atom is -0.313 e. The number of hydrogen-bond acceptors (Lipinski definition) is 5. The molecule has 3 atom stereocenters. The van der Waals surface area contributed by atoms with E-state index in [1.807, 2.05) is 16.4 Å². The van der Waals surface area contributed by atoms with Crippen molar-refractivity contribution < 1.29 is 0 Å². The van der Waals surface area contributed by atoms with Gasteiger partial charge in [0.15, 0.2) is 0 Å². The van der Waals surface area contributed by atoms with Crippen LogP contribution in [0.4, 0.5) is 0 Å². The van der Waals surface area contributed by atoms with Crippen LogP contribution in [0, 0.1) is 17.8 Å². The van der Waals surface area contributed by atoms with E-state index in [9.17, 15) is 0 Å². The van der Waals surface area contributed by atoms with Crippen LogP contribution in [-0.2, 0) is 6.54 Å². The summed E-state index contributed by atoms with van der Waals surface area (Å²) in [5, 5.41) is 16.5. The Morgan fingerprint density at radius 2 is 2.25 bits per heavy atom. The van der Waals surface area contributed by atoms with Crippen LogP contribution in [0.2, 0.25) is 0 Å². The van der Waals surface area contributed by atoms with Gasteiger partial charge in [-0.2, -0.15) is 0 Å². The average molecular weight is 295 g/mol. The van der Waals surface area contributed by atoms with Crippen LogP contribution >= 0.6 is 11.8 Å². The monoisotopic (exact) mass is 295 g/mol. The van der Waals surface area contributed by atoms with E-state index in [4.69, 9.17) is 0 Å². The summed E-state index contributed by atoms with van der Waals surface area (Å²) in [4.78, 5) is 0. The molecule has 6 heteroatoms. The maximum atomic E-state index is 4.17. The lowest BCUT2D eigenvalue weighted by Gasteiger charge is -2.20. The molecule has 1 aromatic rings. The van der Waals surface area contributed by atoms with Crippen molar-refractivity contribution in [1.82, 2.24) is 25.5 Å². The maximum absolute atomic E-state index is 4.17. The molecule has 0 radical (unpaired) electrons. The SMILES string of the molecule is CC(C)NCCn1nnnc1SCC1CC2CCC1C2. The Morgan fingerprint density at radius 3 is 2.95 bits per heavy atom. The van der Waals surface area contributed by atoms with Crippen molar-refractivity contribution in [2.45, 2.75) is 57.3 Å². The van der Waals surface area contributed by atoms with Crippen molar-refractivity contribution in [1.29, 1.82) is 0 Å². The first-order valence-corrected chi connectivity index (χ1v) is 8.83. The van der Waals surface area contributed by atoms with E-state index < -0.39 is 0 Å². The number of aromatic nitrogens is 4. The molecule has 2 saturated carbocycles. The fourth-order valence-corrected chi connectivity index (χ4v) is 4.80. The predicted octanol–water partition coefficient (Wildman–Crippen LogP) is 2.20. The molecule has 0 amide bonds. The molecule has 0 spiro atoms. The molecule has 2 bridgehead atoms. The molecule has 5 nitrogen and oxygen atoms in total. The van der Waals surface area contributed by atoms with E-state index in [1.54, 1.807) is 0 Å². The topological polar surface area (TPSA) is 55.6 Å². The lowest BCUT2D eigenvalue weighted by atomic mass is 9.90. The quantitative estimate of drug-likeness (QED) is 0.782. The van der Waals surface area contributed by atoms with Gasteiger partial charge in [0.25, 0.3) is 0 Å². The molecule has 0 aliphatic heterocycles. The van der Waals surface area contributed by atoms with Crippen molar-refractivity contribution in [2.75, 3.05) is 12.3 Å². The molecule has 112 valence electrons. The molecule has 20 heavy (non-hydrogen) atoms. The van der Waals surface area contributed by atoms with Crippen LogP contribution in [0.25, 0.3) is 0 Å². The van der Waals surface area contributed by atoms with E-state index in [1.165, 1.54) is 31.4 Å². The molecule has 2 aliphatic rings. The molecular weight excluding hydrogens is 270 g/mol. The van der Waals surface area contributed by atoms with Gasteiger partial charge in [-0.1, -0.05) is 32.0 Å². The summed E-state index contributed by atoms with van der Waals surface area (Å²) in [6.45, 7) is 6.09. The highest BCUT2D eigenvalue weighted by molar-refractivity contribution is 7.99. The minimum atomic E-state index is 0.511. The summed E-state index contributed by atoms with van der Waals surface area (Å²) in [5.41, 5.74) is 0. The number of fused-ring (bicyclic) bond motifs is 2. The minimum absolute atomic E-state index is 0.511. The molecule has 0 aromatic carbocycles. The van der Waals surface area contributed by atoms with Crippen LogP contribution in [0.3, 0.4) is 0 Å². The first-order valence-electron chi connectivity index (χ1n) is 7.84. The number of nitrogens with zero attached hydrogens (tertiary/aromatic N) is 4. The van der Waals surface area contributed by atoms with Gasteiger partial charge >= 0.3 is 0 Å². The Kier molecular flexibility index (Phi) is 4.61. The normalized spacial score (nSPS) is 28.6. The van der Waals surface area contributed by atoms with Crippen molar-refractivity contribution in [2.24, 2.45) is 17.8 Å². The second-order valence-corrected chi connectivity index (χ2v) is 7.53. The zero-order valence-corrected chi connectivity index (χ0v) is 13.3. The summed E-state index contributed by atoms with van der Waals surface area (Å²) < 4.78 is 1.94. The first-order chi connectivity index (χ1) is 9.72. The van der Waals surface area contributed by atoms with Gasteiger partial charge in [-0.05, 0) is 47.4 Å². The fraction of sp³-hybridized carbons (Fsp3) is 0.929. The van der Waals surface area contributed by atoms with Gasteiger partial charge < -0.3 is 5.32 Å². The van der Waals surface area contributed by atoms with Crippen LogP contribution in [-0.4, -0.2) is 38.5 Å². The Balaban J connectivity index is 1.47. The number of nitrogens with one attached hydrogen (secondary N) is 1. The summed E-state index contributed by atoms with van der Waals surface area (Å²) in [5.74, 6) is 4.10. The van der Waals surface area contributed by atoms with Gasteiger partial charge in [0.1, 0.15) is 0 Å². The van der Waals surface area contributed by atoms with E-state index in [0.29, 0.717) is 6.04 Å². The van der Waals surface area contributed by atoms with Crippen LogP contribution in [0.5, 0.6) is 0 Å². The second kappa shape index (κ2) is 6.43. The molecule has 1 aromatic heterocycles. The first kappa shape index (κ1) is 14.3. The van der Waals surface area contributed by atoms with E-state index in [-0.39, 0.29) is 0 Å². The zero-order chi connectivity index (χ0) is 13.9. The molecule has 0 saturated heterocycles. The van der Waals surface area contributed by atoms with E-state index in [0.717, 1.165) is 36.0 Å². The smallest absolute Gasteiger partial charge is 0.209 e. The number of rotatable bonds is 7. The van der Waals surface area contributed by atoms with Crippen molar-refractivity contribution in [3.8, 4) is 0 Å². The maximum Gasteiger partial charge on any atom is 0.209 e. The Hall–Kier alpha value is -0.620. The second-order valence-electron chi connectivity index (χ2n) is 6.54. The van der Waals surface area contributed by atoms with Crippen LogP contribution in [0.1, 0.15) is 39.5 Å². The summed E-state index contributed by atoms with van der Waals surface area (Å²) in [6, 6.07) is 0.511. The van der Waals surface area contributed by atoms with Gasteiger partial charge in [-0.3, -0.25) is 0 Å². The van der Waals surface area contributed by atoms with E-state index in [2.05, 4.69) is 34.7 Å². The van der Waals surface area contributed by atoms with Crippen LogP contribution < -0.4 is 5.32 Å². The van der Waals surface area contributed by atoms with Gasteiger partial charge in [-0.15, -0.1) is 5.10 Å². The number of tetrazole rings is 1. The highest BCUT2D eigenvalue weighted by atomic mass is 32.2. The lowest BCUT2D eigenvalue weighted by Crippen LogP contribution is -2.27. The standard InChI is InChI=1S/C14H25N5S/c1-10(2)15-5-6-19-14(16-17-18-19)20-9-13-8-11-3-4-12(13)7-11/h10-13,15H,3-9H2,1-2H3. The molecule has 2 fully saturated rings. The average Bonchev–Trinajstić information content (AvgIpc) is 3.12. The molecule has 1 N–H and O–H groups in total. The van der Waals surface area contributed by atoms with Gasteiger partial charge in [0.05, 0.1) is 6.54 Å². The molecular formula is C14H25N5S. The Labute approximate surface area is 125 Å². The van der Waals surface area contributed by atoms with Gasteiger partial charge in [-0.25, -0.2) is 4.68 Å². The third-order valence-electron chi connectivity index (χ3n) is 4.69. The fourth-order valence-electron chi connectivity index (χ4n) is 3.66. The summed E-state index contributed by atoms with van der Waals surface area (Å²) >= 11 is 1.85. The third-order valence-corrected chi connectivity index (χ3v) is 5.83.